The number of benzene rings is 1. The maximum atomic E-state index is 13.2. The minimum absolute atomic E-state index is 0.0337. The van der Waals surface area contributed by atoms with E-state index >= 15 is 0 Å². The summed E-state index contributed by atoms with van der Waals surface area (Å²) >= 11 is 0. The van der Waals surface area contributed by atoms with Gasteiger partial charge in [-0.25, -0.2) is 4.39 Å². The second kappa shape index (κ2) is 5.19. The molecule has 3 heteroatoms. The molecule has 0 N–H and O–H groups in total. The largest absolute Gasteiger partial charge is 0.292 e. The molecule has 0 aromatic heterocycles. The molecular weight excluding hydrogens is 229 g/mol. The molecule has 1 saturated heterocycles. The highest BCUT2D eigenvalue weighted by Crippen LogP contribution is 2.28. The molecule has 1 fully saturated rings. The number of carbonyl (C=O) groups is 1. The first-order valence-electron chi connectivity index (χ1n) is 6.63. The van der Waals surface area contributed by atoms with Crippen molar-refractivity contribution in [1.29, 1.82) is 0 Å². The van der Waals surface area contributed by atoms with E-state index in [4.69, 9.17) is 0 Å². The molecule has 1 atom stereocenters. The van der Waals surface area contributed by atoms with Gasteiger partial charge in [-0.15, -0.1) is 0 Å². The molecule has 98 valence electrons. The fourth-order valence-electron chi connectivity index (χ4n) is 2.68. The molecule has 1 aromatic rings. The standard InChI is InChI=1S/C15H20FNO/c1-3-15(2,17-9-4-5-10-17)14(18)12-7-6-8-13(16)11-12/h6-8,11H,3-5,9-10H2,1-2H3. The van der Waals surface area contributed by atoms with E-state index in [-0.39, 0.29) is 11.6 Å². The summed E-state index contributed by atoms with van der Waals surface area (Å²) in [5.74, 6) is -0.313. The number of likely N-dealkylation sites (tertiary alicyclic amines) is 1. The van der Waals surface area contributed by atoms with E-state index in [0.717, 1.165) is 32.4 Å². The van der Waals surface area contributed by atoms with Gasteiger partial charge in [-0.3, -0.25) is 9.69 Å². The van der Waals surface area contributed by atoms with Crippen LogP contribution in [0.25, 0.3) is 0 Å². The maximum absolute atomic E-state index is 13.2. The minimum Gasteiger partial charge on any atom is -0.292 e. The Hall–Kier alpha value is -1.22. The Morgan fingerprint density at radius 1 is 1.39 bits per heavy atom. The Bertz CT molecular complexity index is 440. The summed E-state index contributed by atoms with van der Waals surface area (Å²) < 4.78 is 13.2. The molecule has 2 rings (SSSR count). The number of halogens is 1. The summed E-state index contributed by atoms with van der Waals surface area (Å²) in [5.41, 5.74) is -0.0177. The summed E-state index contributed by atoms with van der Waals surface area (Å²) in [5, 5.41) is 0. The Morgan fingerprint density at radius 2 is 2.06 bits per heavy atom. The number of hydrogen-bond donors (Lipinski definition) is 0. The molecule has 1 heterocycles. The third kappa shape index (κ3) is 2.32. The van der Waals surface area contributed by atoms with Crippen LogP contribution in [0.15, 0.2) is 24.3 Å². The monoisotopic (exact) mass is 249 g/mol. The van der Waals surface area contributed by atoms with E-state index in [1.165, 1.54) is 12.1 Å². The first-order valence-corrected chi connectivity index (χ1v) is 6.63. The van der Waals surface area contributed by atoms with Gasteiger partial charge < -0.3 is 0 Å². The number of Topliss-reactive ketones (excluding diaryl/α,β-unsaturated/α-hetero) is 1. The van der Waals surface area contributed by atoms with Crippen LogP contribution in [-0.4, -0.2) is 29.3 Å². The number of carbonyl (C=O) groups excluding carboxylic acids is 1. The van der Waals surface area contributed by atoms with Crippen molar-refractivity contribution in [2.45, 2.75) is 38.6 Å². The molecule has 2 nitrogen and oxygen atoms in total. The van der Waals surface area contributed by atoms with Crippen LogP contribution in [-0.2, 0) is 0 Å². The fraction of sp³-hybridized carbons (Fsp3) is 0.533. The van der Waals surface area contributed by atoms with Gasteiger partial charge in [-0.2, -0.15) is 0 Å². The van der Waals surface area contributed by atoms with E-state index in [0.29, 0.717) is 5.56 Å². The molecule has 0 saturated carbocycles. The fourth-order valence-corrected chi connectivity index (χ4v) is 2.68. The third-order valence-electron chi connectivity index (χ3n) is 4.07. The summed E-state index contributed by atoms with van der Waals surface area (Å²) in [6.45, 7) is 5.93. The molecule has 0 spiro atoms. The van der Waals surface area contributed by atoms with Crippen LogP contribution in [0.2, 0.25) is 0 Å². The number of hydrogen-bond acceptors (Lipinski definition) is 2. The van der Waals surface area contributed by atoms with Crippen LogP contribution >= 0.6 is 0 Å². The highest BCUT2D eigenvalue weighted by Gasteiger charge is 2.39. The van der Waals surface area contributed by atoms with E-state index in [9.17, 15) is 9.18 Å². The zero-order valence-electron chi connectivity index (χ0n) is 11.1. The number of nitrogens with zero attached hydrogens (tertiary/aromatic N) is 1. The molecular formula is C15H20FNO. The predicted octanol–water partition coefficient (Wildman–Crippen LogP) is 3.27. The van der Waals surface area contributed by atoms with Crippen molar-refractivity contribution in [3.05, 3.63) is 35.6 Å². The third-order valence-corrected chi connectivity index (χ3v) is 4.07. The maximum Gasteiger partial charge on any atom is 0.182 e. The van der Waals surface area contributed by atoms with Gasteiger partial charge in [0.05, 0.1) is 5.54 Å². The zero-order chi connectivity index (χ0) is 13.2. The van der Waals surface area contributed by atoms with Crippen molar-refractivity contribution < 1.29 is 9.18 Å². The number of ketones is 1. The molecule has 1 aliphatic heterocycles. The van der Waals surface area contributed by atoms with Crippen LogP contribution in [0.3, 0.4) is 0 Å². The van der Waals surface area contributed by atoms with Crippen LogP contribution in [0.4, 0.5) is 4.39 Å². The molecule has 0 bridgehead atoms. The Morgan fingerprint density at radius 3 is 2.61 bits per heavy atom. The van der Waals surface area contributed by atoms with Crippen molar-refractivity contribution in [3.63, 3.8) is 0 Å². The van der Waals surface area contributed by atoms with Crippen LogP contribution in [0.1, 0.15) is 43.5 Å². The van der Waals surface area contributed by atoms with Crippen LogP contribution < -0.4 is 0 Å². The van der Waals surface area contributed by atoms with Crippen molar-refractivity contribution >= 4 is 5.78 Å². The smallest absolute Gasteiger partial charge is 0.182 e. The normalized spacial score (nSPS) is 19.7. The molecule has 0 amide bonds. The second-order valence-electron chi connectivity index (χ2n) is 5.16. The first-order chi connectivity index (χ1) is 8.58. The van der Waals surface area contributed by atoms with Crippen LogP contribution in [0, 0.1) is 5.82 Å². The van der Waals surface area contributed by atoms with Gasteiger partial charge in [0, 0.05) is 5.56 Å². The average molecular weight is 249 g/mol. The van der Waals surface area contributed by atoms with Gasteiger partial charge in [0.15, 0.2) is 5.78 Å². The van der Waals surface area contributed by atoms with E-state index in [2.05, 4.69) is 4.90 Å². The SMILES string of the molecule is CCC(C)(C(=O)c1cccc(F)c1)N1CCCC1. The summed E-state index contributed by atoms with van der Waals surface area (Å²) in [6, 6.07) is 6.01. The quantitative estimate of drug-likeness (QED) is 0.763. The highest BCUT2D eigenvalue weighted by atomic mass is 19.1. The lowest BCUT2D eigenvalue weighted by molar-refractivity contribution is 0.0647. The Labute approximate surface area is 108 Å². The van der Waals surface area contributed by atoms with Gasteiger partial charge >= 0.3 is 0 Å². The van der Waals surface area contributed by atoms with E-state index in [1.807, 2.05) is 13.8 Å². The summed E-state index contributed by atoms with van der Waals surface area (Å²) in [4.78, 5) is 14.9. The predicted molar refractivity (Wildman–Crippen MR) is 70.2 cm³/mol. The minimum atomic E-state index is -0.496. The molecule has 1 aromatic carbocycles. The molecule has 18 heavy (non-hydrogen) atoms. The molecule has 0 radical (unpaired) electrons. The average Bonchev–Trinajstić information content (AvgIpc) is 2.91. The van der Waals surface area contributed by atoms with Gasteiger partial charge in [-0.1, -0.05) is 19.1 Å². The number of rotatable bonds is 4. The van der Waals surface area contributed by atoms with Crippen molar-refractivity contribution in [2.24, 2.45) is 0 Å². The Balaban J connectivity index is 2.29. The van der Waals surface area contributed by atoms with Gasteiger partial charge in [-0.05, 0) is 51.4 Å². The van der Waals surface area contributed by atoms with Crippen LogP contribution in [0.5, 0.6) is 0 Å². The first kappa shape index (κ1) is 13.2. The van der Waals surface area contributed by atoms with Gasteiger partial charge in [0.25, 0.3) is 0 Å². The van der Waals surface area contributed by atoms with E-state index in [1.54, 1.807) is 12.1 Å². The van der Waals surface area contributed by atoms with E-state index < -0.39 is 5.54 Å². The topological polar surface area (TPSA) is 20.3 Å². The lowest BCUT2D eigenvalue weighted by atomic mass is 9.87. The molecule has 0 aliphatic carbocycles. The molecule has 1 aliphatic rings. The summed E-state index contributed by atoms with van der Waals surface area (Å²) in [6.07, 6.45) is 3.04. The second-order valence-corrected chi connectivity index (χ2v) is 5.16. The Kier molecular flexibility index (Phi) is 3.81. The summed E-state index contributed by atoms with van der Waals surface area (Å²) in [7, 11) is 0. The van der Waals surface area contributed by atoms with Crippen molar-refractivity contribution in [3.8, 4) is 0 Å². The lowest BCUT2D eigenvalue weighted by Crippen LogP contribution is -2.50. The lowest BCUT2D eigenvalue weighted by Gasteiger charge is -2.36. The van der Waals surface area contributed by atoms with Gasteiger partial charge in [0.1, 0.15) is 5.82 Å². The highest BCUT2D eigenvalue weighted by molar-refractivity contribution is 6.03. The van der Waals surface area contributed by atoms with Crippen molar-refractivity contribution in [2.75, 3.05) is 13.1 Å². The van der Waals surface area contributed by atoms with Crippen molar-refractivity contribution in [1.82, 2.24) is 4.90 Å². The van der Waals surface area contributed by atoms with Gasteiger partial charge in [0.2, 0.25) is 0 Å². The zero-order valence-corrected chi connectivity index (χ0v) is 11.1. The molecule has 1 unspecified atom stereocenters.